The zero-order valence-electron chi connectivity index (χ0n) is 11.4. The molecule has 21 heavy (non-hydrogen) atoms. The second-order valence-electron chi connectivity index (χ2n) is 4.76. The quantitative estimate of drug-likeness (QED) is 0.699. The van der Waals surface area contributed by atoms with Crippen LogP contribution < -0.4 is 10.7 Å². The van der Waals surface area contributed by atoms with Crippen molar-refractivity contribution in [1.82, 2.24) is 9.78 Å². The fourth-order valence-electron chi connectivity index (χ4n) is 2.34. The molecule has 3 aromatic rings. The van der Waals surface area contributed by atoms with Gasteiger partial charge in [0.15, 0.2) is 0 Å². The number of benzene rings is 1. The summed E-state index contributed by atoms with van der Waals surface area (Å²) in [5.41, 5.74) is 2.09. The molecule has 106 valence electrons. The highest BCUT2D eigenvalue weighted by Crippen LogP contribution is 2.23. The number of carboxylic acid groups (broad SMARTS) is 1. The number of hydrogen-bond acceptors (Lipinski definition) is 5. The topological polar surface area (TPSA) is 88.2 Å². The highest BCUT2D eigenvalue weighted by atomic mass is 16.4. The van der Waals surface area contributed by atoms with Crippen LogP contribution in [-0.2, 0) is 0 Å². The van der Waals surface area contributed by atoms with E-state index in [1.807, 2.05) is 13.8 Å². The summed E-state index contributed by atoms with van der Waals surface area (Å²) in [4.78, 5) is 22.3. The molecule has 0 unspecified atom stereocenters. The first-order valence-electron chi connectivity index (χ1n) is 6.29. The van der Waals surface area contributed by atoms with Crippen LogP contribution in [0.3, 0.4) is 0 Å². The molecular formula is C15H11N2O4-. The lowest BCUT2D eigenvalue weighted by Gasteiger charge is -2.05. The molecule has 1 aromatic carbocycles. The number of aromatic carboxylic acids is 1. The lowest BCUT2D eigenvalue weighted by atomic mass is 10.2. The maximum absolute atomic E-state index is 11.5. The number of aromatic nitrogens is 2. The van der Waals surface area contributed by atoms with E-state index in [1.165, 1.54) is 22.9 Å². The van der Waals surface area contributed by atoms with Crippen LogP contribution in [-0.4, -0.2) is 15.7 Å². The molecule has 0 aliphatic carbocycles. The molecule has 3 rings (SSSR count). The Hall–Kier alpha value is -2.89. The van der Waals surface area contributed by atoms with E-state index in [2.05, 4.69) is 5.10 Å². The molecule has 0 aliphatic rings. The van der Waals surface area contributed by atoms with Gasteiger partial charge in [-0.1, -0.05) is 12.1 Å². The molecule has 0 amide bonds. The number of nitrogens with zero attached hydrogens (tertiary/aromatic N) is 2. The van der Waals surface area contributed by atoms with Crippen LogP contribution in [0.15, 0.2) is 39.5 Å². The highest BCUT2D eigenvalue weighted by Gasteiger charge is 2.14. The van der Waals surface area contributed by atoms with Crippen molar-refractivity contribution < 1.29 is 14.3 Å². The predicted octanol–water partition coefficient (Wildman–Crippen LogP) is 0.959. The van der Waals surface area contributed by atoms with Gasteiger partial charge in [0.2, 0.25) is 5.71 Å². The predicted molar refractivity (Wildman–Crippen MR) is 73.4 cm³/mol. The maximum Gasteiger partial charge on any atom is 0.337 e. The molecule has 2 heterocycles. The first-order chi connectivity index (χ1) is 9.97. The van der Waals surface area contributed by atoms with Crippen LogP contribution >= 0.6 is 0 Å². The van der Waals surface area contributed by atoms with E-state index in [9.17, 15) is 14.7 Å². The summed E-state index contributed by atoms with van der Waals surface area (Å²) < 4.78 is 6.73. The molecule has 0 spiro atoms. The summed E-state index contributed by atoms with van der Waals surface area (Å²) >= 11 is 0. The minimum absolute atomic E-state index is 0.0737. The van der Waals surface area contributed by atoms with Gasteiger partial charge in [0.25, 0.3) is 0 Å². The van der Waals surface area contributed by atoms with Crippen LogP contribution in [0.25, 0.3) is 16.8 Å². The second-order valence-corrected chi connectivity index (χ2v) is 4.76. The smallest absolute Gasteiger partial charge is 0.337 e. The van der Waals surface area contributed by atoms with E-state index < -0.39 is 11.6 Å². The van der Waals surface area contributed by atoms with Gasteiger partial charge >= 0.3 is 5.63 Å². The fraction of sp³-hybridized carbons (Fsp3) is 0.133. The average molecular weight is 283 g/mol. The van der Waals surface area contributed by atoms with Crippen molar-refractivity contribution in [2.24, 2.45) is 0 Å². The summed E-state index contributed by atoms with van der Waals surface area (Å²) in [5.74, 6) is -1.24. The largest absolute Gasteiger partial charge is 0.545 e. The molecule has 0 bridgehead atoms. The summed E-state index contributed by atoms with van der Waals surface area (Å²) in [6.45, 7) is 3.64. The Morgan fingerprint density at radius 1 is 1.24 bits per heavy atom. The van der Waals surface area contributed by atoms with Crippen LogP contribution in [0.4, 0.5) is 0 Å². The van der Waals surface area contributed by atoms with Gasteiger partial charge in [-0.3, -0.25) is 0 Å². The molecule has 0 N–H and O–H groups in total. The summed E-state index contributed by atoms with van der Waals surface area (Å²) in [7, 11) is 0. The lowest BCUT2D eigenvalue weighted by molar-refractivity contribution is -0.255. The van der Waals surface area contributed by atoms with Gasteiger partial charge in [0, 0.05) is 6.07 Å². The van der Waals surface area contributed by atoms with Crippen molar-refractivity contribution in [2.45, 2.75) is 13.8 Å². The first-order valence-corrected chi connectivity index (χ1v) is 6.29. The van der Waals surface area contributed by atoms with Crippen molar-refractivity contribution in [3.05, 3.63) is 57.6 Å². The maximum atomic E-state index is 11.5. The van der Waals surface area contributed by atoms with Gasteiger partial charge in [0.05, 0.1) is 22.7 Å². The summed E-state index contributed by atoms with van der Waals surface area (Å²) in [5, 5.41) is 15.9. The number of aryl methyl sites for hydroxylation is 2. The Morgan fingerprint density at radius 3 is 2.52 bits per heavy atom. The number of rotatable bonds is 2. The Kier molecular flexibility index (Phi) is 2.86. The normalized spacial score (nSPS) is 11.0. The third-order valence-electron chi connectivity index (χ3n) is 3.29. The zero-order chi connectivity index (χ0) is 15.1. The minimum Gasteiger partial charge on any atom is -0.545 e. The number of fused-ring (bicyclic) bond motifs is 1. The third-order valence-corrected chi connectivity index (χ3v) is 3.29. The van der Waals surface area contributed by atoms with Crippen molar-refractivity contribution in [1.29, 1.82) is 0 Å². The Balaban J connectivity index is 2.25. The third kappa shape index (κ3) is 2.10. The fourth-order valence-corrected chi connectivity index (χ4v) is 2.34. The van der Waals surface area contributed by atoms with E-state index >= 15 is 0 Å². The molecule has 6 heteroatoms. The Labute approximate surface area is 119 Å². The van der Waals surface area contributed by atoms with Gasteiger partial charge in [-0.2, -0.15) is 9.78 Å². The SMILES string of the molecule is Cc1cc(=O)oc2c1c(C)nn2-c1ccc(C(=O)[O-])cc1. The Morgan fingerprint density at radius 2 is 1.90 bits per heavy atom. The summed E-state index contributed by atoms with van der Waals surface area (Å²) in [6.07, 6.45) is 0. The van der Waals surface area contributed by atoms with E-state index in [4.69, 9.17) is 4.42 Å². The van der Waals surface area contributed by atoms with Crippen LogP contribution in [0, 0.1) is 13.8 Å². The van der Waals surface area contributed by atoms with E-state index in [1.54, 1.807) is 12.1 Å². The molecule has 2 aromatic heterocycles. The summed E-state index contributed by atoms with van der Waals surface area (Å²) in [6, 6.07) is 7.42. The van der Waals surface area contributed by atoms with Crippen molar-refractivity contribution in [3.8, 4) is 5.69 Å². The van der Waals surface area contributed by atoms with Gasteiger partial charge in [-0.25, -0.2) is 4.79 Å². The van der Waals surface area contributed by atoms with E-state index in [0.29, 0.717) is 11.4 Å². The van der Waals surface area contributed by atoms with Gasteiger partial charge < -0.3 is 14.3 Å². The molecule has 0 fully saturated rings. The lowest BCUT2D eigenvalue weighted by Crippen LogP contribution is -2.22. The monoisotopic (exact) mass is 283 g/mol. The van der Waals surface area contributed by atoms with Gasteiger partial charge in [-0.15, -0.1) is 0 Å². The highest BCUT2D eigenvalue weighted by molar-refractivity contribution is 5.86. The molecular weight excluding hydrogens is 272 g/mol. The van der Waals surface area contributed by atoms with E-state index in [-0.39, 0.29) is 5.56 Å². The van der Waals surface area contributed by atoms with E-state index in [0.717, 1.165) is 16.6 Å². The average Bonchev–Trinajstić information content (AvgIpc) is 2.76. The Bertz CT molecular complexity index is 904. The van der Waals surface area contributed by atoms with Crippen molar-refractivity contribution in [2.75, 3.05) is 0 Å². The van der Waals surface area contributed by atoms with Crippen LogP contribution in [0.1, 0.15) is 21.6 Å². The van der Waals surface area contributed by atoms with Gasteiger partial charge in [0.1, 0.15) is 0 Å². The van der Waals surface area contributed by atoms with Crippen molar-refractivity contribution in [3.63, 3.8) is 0 Å². The second kappa shape index (κ2) is 4.59. The van der Waals surface area contributed by atoms with Gasteiger partial charge in [-0.05, 0) is 37.1 Å². The molecule has 0 saturated heterocycles. The standard InChI is InChI=1S/C15H12N2O4/c1-8-7-12(18)21-14-13(8)9(2)16-17(14)11-5-3-10(4-6-11)15(19)20/h3-7H,1-2H3,(H,19,20)/p-1. The minimum atomic E-state index is -1.24. The zero-order valence-corrected chi connectivity index (χ0v) is 11.4. The van der Waals surface area contributed by atoms with Crippen LogP contribution in [0.2, 0.25) is 0 Å². The molecule has 0 aliphatic heterocycles. The number of carboxylic acids is 1. The van der Waals surface area contributed by atoms with Crippen molar-refractivity contribution >= 4 is 17.1 Å². The molecule has 0 atom stereocenters. The molecule has 6 nitrogen and oxygen atoms in total. The first kappa shape index (κ1) is 13.1. The van der Waals surface area contributed by atoms with Crippen LogP contribution in [0.5, 0.6) is 0 Å². The molecule has 0 saturated carbocycles. The number of carbonyl (C=O) groups excluding carboxylic acids is 1. The molecule has 0 radical (unpaired) electrons. The number of carbonyl (C=O) groups is 1. The number of hydrogen-bond donors (Lipinski definition) is 0.